The summed E-state index contributed by atoms with van der Waals surface area (Å²) in [6.45, 7) is 2.19. The van der Waals surface area contributed by atoms with Gasteiger partial charge < -0.3 is 5.32 Å². The smallest absolute Gasteiger partial charge is 0.251 e. The van der Waals surface area contributed by atoms with Crippen molar-refractivity contribution in [3.63, 3.8) is 0 Å². The molecule has 1 aromatic rings. The third kappa shape index (κ3) is 5.85. The topological polar surface area (TPSA) is 106 Å². The van der Waals surface area contributed by atoms with Gasteiger partial charge in [-0.25, -0.2) is 13.6 Å². The number of benzene rings is 1. The van der Waals surface area contributed by atoms with E-state index in [4.69, 9.17) is 5.14 Å². The van der Waals surface area contributed by atoms with Crippen molar-refractivity contribution in [2.24, 2.45) is 5.14 Å². The Hall–Kier alpha value is -0.770. The van der Waals surface area contributed by atoms with Gasteiger partial charge in [-0.15, -0.1) is 0 Å². The molecule has 0 saturated heterocycles. The summed E-state index contributed by atoms with van der Waals surface area (Å²) in [5.74, 6) is -0.407. The van der Waals surface area contributed by atoms with Crippen LogP contribution in [-0.4, -0.2) is 36.6 Å². The highest BCUT2D eigenvalue weighted by atomic mass is 79.9. The molecule has 1 aromatic carbocycles. The third-order valence-electron chi connectivity index (χ3n) is 2.87. The average molecular weight is 397 g/mol. The molecule has 6 nitrogen and oxygen atoms in total. The van der Waals surface area contributed by atoms with Gasteiger partial charge in [-0.05, 0) is 24.6 Å². The minimum absolute atomic E-state index is 0.0206. The standard InChI is InChI=1S/C12H17BrN2O4S2/c1-8(20(2)17)3-4-15-12(16)9-5-10(13)7-11(6-9)21(14,18)19/h5-8H,3-4H2,1-2H3,(H,15,16)(H2,14,18,19). The summed E-state index contributed by atoms with van der Waals surface area (Å²) in [4.78, 5) is 11.8. The molecule has 0 heterocycles. The van der Waals surface area contributed by atoms with Crippen LogP contribution in [0.25, 0.3) is 0 Å². The highest BCUT2D eigenvalue weighted by Crippen LogP contribution is 2.18. The summed E-state index contributed by atoms with van der Waals surface area (Å²) in [5, 5.41) is 7.69. The molecule has 9 heteroatoms. The van der Waals surface area contributed by atoms with Gasteiger partial charge in [-0.1, -0.05) is 22.9 Å². The molecule has 0 bridgehead atoms. The van der Waals surface area contributed by atoms with Crippen LogP contribution in [0.15, 0.2) is 27.6 Å². The summed E-state index contributed by atoms with van der Waals surface area (Å²) in [5.41, 5.74) is 0.193. The summed E-state index contributed by atoms with van der Waals surface area (Å²) in [7, 11) is -4.82. The van der Waals surface area contributed by atoms with Gasteiger partial charge in [0.1, 0.15) is 0 Å². The fourth-order valence-electron chi connectivity index (χ4n) is 1.52. The van der Waals surface area contributed by atoms with E-state index in [2.05, 4.69) is 21.2 Å². The zero-order valence-corrected chi connectivity index (χ0v) is 14.8. The number of amides is 1. The Morgan fingerprint density at radius 2 is 2.05 bits per heavy atom. The molecule has 3 N–H and O–H groups in total. The van der Waals surface area contributed by atoms with Crippen molar-refractivity contribution in [3.05, 3.63) is 28.2 Å². The molecule has 0 aliphatic carbocycles. The number of hydrogen-bond acceptors (Lipinski definition) is 4. The van der Waals surface area contributed by atoms with Crippen molar-refractivity contribution in [1.29, 1.82) is 0 Å². The van der Waals surface area contributed by atoms with E-state index in [0.717, 1.165) is 0 Å². The van der Waals surface area contributed by atoms with Crippen molar-refractivity contribution >= 4 is 42.7 Å². The summed E-state index contributed by atoms with van der Waals surface area (Å²) < 4.78 is 34.3. The van der Waals surface area contributed by atoms with E-state index in [1.165, 1.54) is 18.2 Å². The second-order valence-corrected chi connectivity index (χ2v) is 8.85. The zero-order valence-electron chi connectivity index (χ0n) is 11.6. The van der Waals surface area contributed by atoms with Gasteiger partial charge in [-0.2, -0.15) is 0 Å². The molecule has 2 atom stereocenters. The largest absolute Gasteiger partial charge is 0.352 e. The zero-order chi connectivity index (χ0) is 16.2. The molecule has 0 fully saturated rings. The van der Waals surface area contributed by atoms with Crippen LogP contribution >= 0.6 is 15.9 Å². The first-order chi connectivity index (χ1) is 9.61. The lowest BCUT2D eigenvalue weighted by atomic mass is 10.2. The highest BCUT2D eigenvalue weighted by Gasteiger charge is 2.14. The van der Waals surface area contributed by atoms with E-state index in [1.54, 1.807) is 6.26 Å². The number of sulfonamides is 1. The quantitative estimate of drug-likeness (QED) is 0.746. The van der Waals surface area contributed by atoms with E-state index < -0.39 is 26.7 Å². The Kier molecular flexibility index (Phi) is 6.51. The molecule has 0 saturated carbocycles. The molecule has 0 aliphatic rings. The first-order valence-electron chi connectivity index (χ1n) is 6.05. The number of halogens is 1. The lowest BCUT2D eigenvalue weighted by Gasteiger charge is -2.10. The van der Waals surface area contributed by atoms with Crippen molar-refractivity contribution in [2.75, 3.05) is 12.8 Å². The maximum atomic E-state index is 12.0. The maximum Gasteiger partial charge on any atom is 0.251 e. The van der Waals surface area contributed by atoms with Gasteiger partial charge in [-0.3, -0.25) is 9.00 Å². The SMILES string of the molecule is CC(CCNC(=O)c1cc(Br)cc(S(N)(=O)=O)c1)S(C)=O. The van der Waals surface area contributed by atoms with Crippen LogP contribution < -0.4 is 10.5 Å². The molecule has 1 amide bonds. The van der Waals surface area contributed by atoms with E-state index in [0.29, 0.717) is 17.4 Å². The molecule has 0 aromatic heterocycles. The average Bonchev–Trinajstić information content (AvgIpc) is 2.36. The van der Waals surface area contributed by atoms with Crippen LogP contribution in [0.5, 0.6) is 0 Å². The molecule has 0 aliphatic heterocycles. The minimum Gasteiger partial charge on any atom is -0.352 e. The van der Waals surface area contributed by atoms with E-state index in [1.807, 2.05) is 6.92 Å². The first-order valence-corrected chi connectivity index (χ1v) is 10.0. The van der Waals surface area contributed by atoms with Gasteiger partial charge in [0.15, 0.2) is 0 Å². The number of primary sulfonamides is 1. The molecule has 1 rings (SSSR count). The van der Waals surface area contributed by atoms with Crippen LogP contribution in [-0.2, 0) is 20.8 Å². The van der Waals surface area contributed by atoms with Gasteiger partial charge in [0.05, 0.1) is 4.90 Å². The predicted molar refractivity (Wildman–Crippen MR) is 86.0 cm³/mol. The van der Waals surface area contributed by atoms with Crippen LogP contribution in [0.1, 0.15) is 23.7 Å². The molecule has 0 spiro atoms. The number of carbonyl (C=O) groups is 1. The maximum absolute atomic E-state index is 12.0. The normalized spacial score (nSPS) is 14.5. The number of carbonyl (C=O) groups excluding carboxylic acids is 1. The molecule has 2 unspecified atom stereocenters. The Labute approximate surface area is 135 Å². The Morgan fingerprint density at radius 1 is 1.43 bits per heavy atom. The van der Waals surface area contributed by atoms with E-state index >= 15 is 0 Å². The van der Waals surface area contributed by atoms with E-state index in [9.17, 15) is 17.4 Å². The van der Waals surface area contributed by atoms with Crippen LogP contribution in [0.4, 0.5) is 0 Å². The van der Waals surface area contributed by atoms with Crippen LogP contribution in [0.2, 0.25) is 0 Å². The number of nitrogens with one attached hydrogen (secondary N) is 1. The van der Waals surface area contributed by atoms with E-state index in [-0.39, 0.29) is 15.7 Å². The molecule has 21 heavy (non-hydrogen) atoms. The monoisotopic (exact) mass is 396 g/mol. The van der Waals surface area contributed by atoms with Crippen molar-refractivity contribution < 1.29 is 17.4 Å². The lowest BCUT2D eigenvalue weighted by Crippen LogP contribution is -2.27. The number of nitrogens with two attached hydrogens (primary N) is 1. The lowest BCUT2D eigenvalue weighted by molar-refractivity contribution is 0.0953. The molecular weight excluding hydrogens is 380 g/mol. The highest BCUT2D eigenvalue weighted by molar-refractivity contribution is 9.10. The van der Waals surface area contributed by atoms with Crippen molar-refractivity contribution in [1.82, 2.24) is 5.32 Å². The predicted octanol–water partition coefficient (Wildman–Crippen LogP) is 0.983. The van der Waals surface area contributed by atoms with Gasteiger partial charge in [0.2, 0.25) is 10.0 Å². The molecule has 0 radical (unpaired) electrons. The van der Waals surface area contributed by atoms with Gasteiger partial charge in [0.25, 0.3) is 5.91 Å². The summed E-state index contributed by atoms with van der Waals surface area (Å²) in [6.07, 6.45) is 2.18. The molecule has 118 valence electrons. The number of hydrogen-bond donors (Lipinski definition) is 2. The first kappa shape index (κ1) is 18.3. The van der Waals surface area contributed by atoms with Crippen LogP contribution in [0.3, 0.4) is 0 Å². The second kappa shape index (κ2) is 7.48. The third-order valence-corrected chi connectivity index (χ3v) is 5.58. The van der Waals surface area contributed by atoms with Gasteiger partial charge >= 0.3 is 0 Å². The second-order valence-electron chi connectivity index (χ2n) is 4.57. The van der Waals surface area contributed by atoms with Gasteiger partial charge in [0, 0.05) is 38.9 Å². The van der Waals surface area contributed by atoms with Crippen LogP contribution in [0, 0.1) is 0 Å². The Balaban J connectivity index is 2.79. The van der Waals surface area contributed by atoms with Crippen molar-refractivity contribution in [3.8, 4) is 0 Å². The fourth-order valence-corrected chi connectivity index (χ4v) is 3.19. The number of rotatable bonds is 6. The van der Waals surface area contributed by atoms with Crippen molar-refractivity contribution in [2.45, 2.75) is 23.5 Å². The summed E-state index contributed by atoms with van der Waals surface area (Å²) in [6, 6.07) is 4.05. The fraction of sp³-hybridized carbons (Fsp3) is 0.417. The minimum atomic E-state index is -3.88. The Bertz CT molecular complexity index is 661. The molecular formula is C12H17BrN2O4S2. The summed E-state index contributed by atoms with van der Waals surface area (Å²) >= 11 is 3.14. The Morgan fingerprint density at radius 3 is 2.57 bits per heavy atom.